The quantitative estimate of drug-likeness (QED) is 0.751. The molecule has 1 aliphatic heterocycles. The maximum absolute atomic E-state index is 12.6. The van der Waals surface area contributed by atoms with Gasteiger partial charge >= 0.3 is 0 Å². The predicted octanol–water partition coefficient (Wildman–Crippen LogP) is 3.12. The normalized spacial score (nSPS) is 22.4. The van der Waals surface area contributed by atoms with Crippen molar-refractivity contribution in [2.75, 3.05) is 18.8 Å². The summed E-state index contributed by atoms with van der Waals surface area (Å²) < 4.78 is 5.69. The molecule has 0 saturated carbocycles. The molecular formula is C20H27N3O3S2. The number of hydrogen-bond acceptors (Lipinski definition) is 6. The lowest BCUT2D eigenvalue weighted by atomic mass is 9.97. The number of H-pyrrole nitrogens is 1. The van der Waals surface area contributed by atoms with Crippen molar-refractivity contribution in [1.82, 2.24) is 14.9 Å². The third-order valence-corrected chi connectivity index (χ3v) is 7.50. The molecule has 1 amide bonds. The minimum atomic E-state index is -0.00707. The van der Waals surface area contributed by atoms with Crippen molar-refractivity contribution in [3.05, 3.63) is 26.6 Å². The summed E-state index contributed by atoms with van der Waals surface area (Å²) >= 11 is 3.32. The van der Waals surface area contributed by atoms with Gasteiger partial charge < -0.3 is 14.6 Å². The molecule has 0 radical (unpaired) electrons. The summed E-state index contributed by atoms with van der Waals surface area (Å²) in [5.74, 6) is 2.23. The Bertz CT molecular complexity index is 913. The molecular weight excluding hydrogens is 394 g/mol. The second kappa shape index (κ2) is 8.55. The van der Waals surface area contributed by atoms with Crippen molar-refractivity contribution in [2.45, 2.75) is 63.9 Å². The van der Waals surface area contributed by atoms with Crippen LogP contribution in [0.25, 0.3) is 10.2 Å². The van der Waals surface area contributed by atoms with Crippen LogP contribution in [0.4, 0.5) is 0 Å². The van der Waals surface area contributed by atoms with E-state index in [2.05, 4.69) is 4.98 Å². The zero-order valence-electron chi connectivity index (χ0n) is 16.5. The van der Waals surface area contributed by atoms with Crippen LogP contribution in [0.1, 0.15) is 49.4 Å². The number of aromatic nitrogens is 2. The summed E-state index contributed by atoms with van der Waals surface area (Å²) in [6.07, 6.45) is 5.12. The summed E-state index contributed by atoms with van der Waals surface area (Å²) in [6.45, 7) is 5.35. The van der Waals surface area contributed by atoms with Crippen molar-refractivity contribution in [1.29, 1.82) is 0 Å². The van der Waals surface area contributed by atoms with Gasteiger partial charge in [-0.05, 0) is 45.1 Å². The van der Waals surface area contributed by atoms with Gasteiger partial charge in [0.1, 0.15) is 10.7 Å². The summed E-state index contributed by atoms with van der Waals surface area (Å²) in [5, 5.41) is 0.805. The molecule has 0 spiro atoms. The first-order valence-electron chi connectivity index (χ1n) is 10.1. The van der Waals surface area contributed by atoms with Crippen LogP contribution in [0.5, 0.6) is 0 Å². The highest BCUT2D eigenvalue weighted by Crippen LogP contribution is 2.33. The first-order chi connectivity index (χ1) is 13.5. The number of thiophene rings is 1. The second-order valence-electron chi connectivity index (χ2n) is 7.76. The van der Waals surface area contributed by atoms with Crippen molar-refractivity contribution >= 4 is 39.2 Å². The molecule has 1 fully saturated rings. The van der Waals surface area contributed by atoms with E-state index in [1.165, 1.54) is 16.9 Å². The molecule has 2 unspecified atom stereocenters. The molecule has 1 saturated heterocycles. The fourth-order valence-electron chi connectivity index (χ4n) is 4.14. The van der Waals surface area contributed by atoms with Crippen LogP contribution in [0.3, 0.4) is 0 Å². The molecule has 2 aliphatic rings. The van der Waals surface area contributed by atoms with E-state index in [1.54, 1.807) is 23.1 Å². The van der Waals surface area contributed by atoms with Gasteiger partial charge in [-0.2, -0.15) is 11.8 Å². The predicted molar refractivity (Wildman–Crippen MR) is 114 cm³/mol. The average Bonchev–Trinajstić information content (AvgIpc) is 3.03. The Morgan fingerprint density at radius 3 is 2.82 bits per heavy atom. The van der Waals surface area contributed by atoms with E-state index in [-0.39, 0.29) is 23.7 Å². The van der Waals surface area contributed by atoms with Crippen molar-refractivity contribution in [3.63, 3.8) is 0 Å². The first-order valence-corrected chi connectivity index (χ1v) is 12.0. The molecule has 2 aromatic heterocycles. The highest BCUT2D eigenvalue weighted by atomic mass is 32.2. The summed E-state index contributed by atoms with van der Waals surface area (Å²) in [5.41, 5.74) is 1.21. The van der Waals surface area contributed by atoms with E-state index in [1.807, 2.05) is 18.7 Å². The fraction of sp³-hybridized carbons (Fsp3) is 0.650. The largest absolute Gasteiger partial charge is 0.372 e. The standard InChI is InChI=1S/C20H27N3O3S2/c1-12-9-23(10-13(2)26-12)17(24)7-8-27-11-16-21-19(25)18-14-5-3-4-6-15(14)28-20(18)22-16/h12-13H,3-11H2,1-2H3,(H,21,22,25). The summed E-state index contributed by atoms with van der Waals surface area (Å²) in [6, 6.07) is 0. The van der Waals surface area contributed by atoms with Gasteiger partial charge in [0, 0.05) is 30.1 Å². The lowest BCUT2D eigenvalue weighted by molar-refractivity contribution is -0.142. The maximum atomic E-state index is 12.6. The molecule has 2 aromatic rings. The van der Waals surface area contributed by atoms with E-state index in [9.17, 15) is 9.59 Å². The number of aryl methyl sites for hydroxylation is 2. The topological polar surface area (TPSA) is 75.3 Å². The Morgan fingerprint density at radius 2 is 2.04 bits per heavy atom. The van der Waals surface area contributed by atoms with E-state index in [4.69, 9.17) is 9.72 Å². The van der Waals surface area contributed by atoms with Crippen LogP contribution in [-0.2, 0) is 28.1 Å². The van der Waals surface area contributed by atoms with Gasteiger partial charge in [-0.25, -0.2) is 4.98 Å². The first kappa shape index (κ1) is 19.9. The van der Waals surface area contributed by atoms with Crippen LogP contribution in [0, 0.1) is 0 Å². The van der Waals surface area contributed by atoms with Crippen LogP contribution in [-0.4, -0.2) is 51.8 Å². The summed E-state index contributed by atoms with van der Waals surface area (Å²) in [4.78, 5) is 36.8. The average molecular weight is 422 g/mol. The minimum absolute atomic E-state index is 0.00707. The third kappa shape index (κ3) is 4.28. The Hall–Kier alpha value is -1.38. The number of thioether (sulfide) groups is 1. The number of morpholine rings is 1. The maximum Gasteiger partial charge on any atom is 0.259 e. The van der Waals surface area contributed by atoms with Crippen LogP contribution in [0.2, 0.25) is 0 Å². The number of aromatic amines is 1. The Labute approximate surface area is 173 Å². The van der Waals surface area contributed by atoms with Crippen LogP contribution < -0.4 is 5.56 Å². The molecule has 2 atom stereocenters. The van der Waals surface area contributed by atoms with Crippen molar-refractivity contribution in [3.8, 4) is 0 Å². The van der Waals surface area contributed by atoms with E-state index >= 15 is 0 Å². The number of ether oxygens (including phenoxy) is 1. The fourth-order valence-corrected chi connectivity index (χ4v) is 6.22. The van der Waals surface area contributed by atoms with Crippen molar-refractivity contribution in [2.24, 2.45) is 0 Å². The number of carbonyl (C=O) groups excluding carboxylic acids is 1. The van der Waals surface area contributed by atoms with Crippen LogP contribution >= 0.6 is 23.1 Å². The number of rotatable bonds is 5. The molecule has 4 rings (SSSR count). The monoisotopic (exact) mass is 421 g/mol. The number of nitrogens with zero attached hydrogens (tertiary/aromatic N) is 2. The molecule has 152 valence electrons. The summed E-state index contributed by atoms with van der Waals surface area (Å²) in [7, 11) is 0. The SMILES string of the molecule is CC1CN(C(=O)CCSCc2nc3sc4c(c3c(=O)[nH]2)CCCC4)CC(C)O1. The zero-order valence-corrected chi connectivity index (χ0v) is 18.1. The minimum Gasteiger partial charge on any atom is -0.372 e. The molecule has 1 aliphatic carbocycles. The highest BCUT2D eigenvalue weighted by Gasteiger charge is 2.25. The van der Waals surface area contributed by atoms with E-state index in [0.29, 0.717) is 31.1 Å². The number of amides is 1. The van der Waals surface area contributed by atoms with Gasteiger partial charge in [0.25, 0.3) is 5.56 Å². The number of hydrogen-bond donors (Lipinski definition) is 1. The van der Waals surface area contributed by atoms with E-state index in [0.717, 1.165) is 35.2 Å². The molecule has 0 bridgehead atoms. The van der Waals surface area contributed by atoms with Gasteiger partial charge in [-0.1, -0.05) is 0 Å². The highest BCUT2D eigenvalue weighted by molar-refractivity contribution is 7.98. The van der Waals surface area contributed by atoms with Crippen LogP contribution in [0.15, 0.2) is 4.79 Å². The molecule has 3 heterocycles. The molecule has 1 N–H and O–H groups in total. The van der Waals surface area contributed by atoms with Gasteiger partial charge in [0.05, 0.1) is 23.3 Å². The van der Waals surface area contributed by atoms with Gasteiger partial charge in [0.2, 0.25) is 5.91 Å². The molecule has 0 aromatic carbocycles. The zero-order chi connectivity index (χ0) is 19.7. The Balaban J connectivity index is 1.33. The third-order valence-electron chi connectivity index (χ3n) is 5.35. The second-order valence-corrected chi connectivity index (χ2v) is 9.95. The van der Waals surface area contributed by atoms with Gasteiger partial charge in [-0.3, -0.25) is 9.59 Å². The van der Waals surface area contributed by atoms with Crippen molar-refractivity contribution < 1.29 is 9.53 Å². The van der Waals surface area contributed by atoms with Gasteiger partial charge in [-0.15, -0.1) is 11.3 Å². The lowest BCUT2D eigenvalue weighted by Crippen LogP contribution is -2.48. The molecule has 28 heavy (non-hydrogen) atoms. The number of nitrogens with one attached hydrogen (secondary N) is 1. The van der Waals surface area contributed by atoms with Gasteiger partial charge in [0.15, 0.2) is 0 Å². The Morgan fingerprint density at radius 1 is 1.29 bits per heavy atom. The number of fused-ring (bicyclic) bond motifs is 3. The Kier molecular flexibility index (Phi) is 6.08. The lowest BCUT2D eigenvalue weighted by Gasteiger charge is -2.35. The number of carbonyl (C=O) groups is 1. The molecule has 6 nitrogen and oxygen atoms in total. The molecule has 8 heteroatoms. The van der Waals surface area contributed by atoms with E-state index < -0.39 is 0 Å². The smallest absolute Gasteiger partial charge is 0.259 e.